The minimum atomic E-state index is -0.963. The van der Waals surface area contributed by atoms with E-state index >= 15 is 0 Å². The Morgan fingerprint density at radius 1 is 1.86 bits per heavy atom. The fraction of sp³-hybridized carbons (Fsp3) is 0.667. The van der Waals surface area contributed by atoms with Gasteiger partial charge in [0.25, 0.3) is 0 Å². The molecule has 3 N–H and O–H groups in total. The molecule has 0 aromatic rings. The molecule has 1 atom stereocenters. The normalized spacial score (nSPS) is 11.7. The van der Waals surface area contributed by atoms with Gasteiger partial charge in [-0.25, -0.2) is 0 Å². The summed E-state index contributed by atoms with van der Waals surface area (Å²) in [5, 5.41) is 7.87. The van der Waals surface area contributed by atoms with Gasteiger partial charge in [0.1, 0.15) is 6.04 Å². The first-order chi connectivity index (χ1) is 2.64. The van der Waals surface area contributed by atoms with Crippen LogP contribution in [-0.2, 0) is 4.79 Å². The van der Waals surface area contributed by atoms with Crippen molar-refractivity contribution in [1.82, 2.24) is 0 Å². The van der Waals surface area contributed by atoms with E-state index in [4.69, 9.17) is 10.8 Å². The molecule has 0 unspecified atom stereocenters. The molecule has 0 fully saturated rings. The van der Waals surface area contributed by atoms with E-state index in [-0.39, 0.29) is 27.3 Å². The molecule has 0 spiro atoms. The first-order valence-corrected chi connectivity index (χ1v) is 1.63. The maximum absolute atomic E-state index is 9.57. The van der Waals surface area contributed by atoms with Gasteiger partial charge in [-0.2, -0.15) is 0 Å². The SMILES string of the molecule is C[C@H](N)C(=O)O.[PbH2]. The van der Waals surface area contributed by atoms with Gasteiger partial charge in [-0.15, -0.1) is 0 Å². The van der Waals surface area contributed by atoms with Crippen molar-refractivity contribution in [2.45, 2.75) is 13.0 Å². The van der Waals surface area contributed by atoms with Crippen LogP contribution in [0.25, 0.3) is 0 Å². The Morgan fingerprint density at radius 3 is 2.00 bits per heavy atom. The van der Waals surface area contributed by atoms with Gasteiger partial charge >= 0.3 is 33.3 Å². The van der Waals surface area contributed by atoms with E-state index in [2.05, 4.69) is 0 Å². The zero-order valence-electron chi connectivity index (χ0n) is 4.22. The van der Waals surface area contributed by atoms with Gasteiger partial charge in [-0.05, 0) is 6.92 Å². The monoisotopic (exact) mass is 299 g/mol. The van der Waals surface area contributed by atoms with Crippen molar-refractivity contribution >= 4 is 33.3 Å². The summed E-state index contributed by atoms with van der Waals surface area (Å²) in [6.45, 7) is 1.42. The number of hydrogen-bond donors (Lipinski definition) is 2. The number of carbonyl (C=O) groups is 1. The minimum absolute atomic E-state index is 0. The number of aliphatic carboxylic acids is 1. The standard InChI is InChI=1S/C3H7NO2.Pb.2H/c1-2(4)3(5)6;;;/h2H,4H2,1H3,(H,5,6);;;/t2-;;;/m0.../s1. The summed E-state index contributed by atoms with van der Waals surface area (Å²) in [6.07, 6.45) is 0. The van der Waals surface area contributed by atoms with E-state index in [0.29, 0.717) is 0 Å². The summed E-state index contributed by atoms with van der Waals surface area (Å²) < 4.78 is 0. The Kier molecular flexibility index (Phi) is 6.67. The van der Waals surface area contributed by atoms with Crippen molar-refractivity contribution < 1.29 is 9.90 Å². The second kappa shape index (κ2) is 4.51. The first-order valence-electron chi connectivity index (χ1n) is 1.63. The van der Waals surface area contributed by atoms with Gasteiger partial charge in [0.05, 0.1) is 0 Å². The van der Waals surface area contributed by atoms with Crippen molar-refractivity contribution in [2.75, 3.05) is 0 Å². The number of carboxylic acids is 1. The predicted octanol–water partition coefficient (Wildman–Crippen LogP) is -1.50. The Hall–Kier alpha value is 0.352. The number of rotatable bonds is 1. The summed E-state index contributed by atoms with van der Waals surface area (Å²) in [7, 11) is 0. The maximum atomic E-state index is 9.57. The third kappa shape index (κ3) is 6.35. The van der Waals surface area contributed by atoms with Crippen LogP contribution in [0.2, 0.25) is 0 Å². The van der Waals surface area contributed by atoms with Crippen LogP contribution >= 0.6 is 0 Å². The first kappa shape index (κ1) is 10.4. The molecule has 0 aliphatic heterocycles. The van der Waals surface area contributed by atoms with E-state index in [0.717, 1.165) is 0 Å². The third-order valence-corrected chi connectivity index (χ3v) is 0.390. The fourth-order valence-corrected chi connectivity index (χ4v) is 0. The Bertz CT molecular complexity index is 64.0. The molecule has 0 rings (SSSR count). The molecule has 0 saturated heterocycles. The second-order valence-electron chi connectivity index (χ2n) is 1.13. The van der Waals surface area contributed by atoms with Crippen LogP contribution in [0.5, 0.6) is 0 Å². The third-order valence-electron chi connectivity index (χ3n) is 0.390. The van der Waals surface area contributed by atoms with E-state index in [1.54, 1.807) is 0 Å². The summed E-state index contributed by atoms with van der Waals surface area (Å²) in [6, 6.07) is -0.731. The number of nitrogens with two attached hydrogens (primary N) is 1. The van der Waals surface area contributed by atoms with Crippen LogP contribution < -0.4 is 5.73 Å². The number of hydrogen-bond acceptors (Lipinski definition) is 2. The van der Waals surface area contributed by atoms with E-state index in [1.807, 2.05) is 0 Å². The van der Waals surface area contributed by atoms with Crippen LogP contribution in [0.4, 0.5) is 0 Å². The van der Waals surface area contributed by atoms with Gasteiger partial charge in [0.15, 0.2) is 0 Å². The molecule has 42 valence electrons. The van der Waals surface area contributed by atoms with E-state index in [1.165, 1.54) is 6.92 Å². The van der Waals surface area contributed by atoms with Gasteiger partial charge in [-0.3, -0.25) is 4.79 Å². The van der Waals surface area contributed by atoms with Crippen LogP contribution in [0.1, 0.15) is 6.92 Å². The molecule has 0 saturated carbocycles. The van der Waals surface area contributed by atoms with Crippen LogP contribution in [0.15, 0.2) is 0 Å². The average molecular weight is 298 g/mol. The predicted molar refractivity (Wildman–Crippen MR) is 29.8 cm³/mol. The van der Waals surface area contributed by atoms with Crippen LogP contribution in [-0.4, -0.2) is 44.4 Å². The van der Waals surface area contributed by atoms with Crippen molar-refractivity contribution in [3.8, 4) is 0 Å². The molecule has 0 aliphatic carbocycles. The molecular weight excluding hydrogens is 289 g/mol. The van der Waals surface area contributed by atoms with Crippen molar-refractivity contribution in [3.63, 3.8) is 0 Å². The van der Waals surface area contributed by atoms with Gasteiger partial charge in [-0.1, -0.05) is 0 Å². The molecule has 0 amide bonds. The quantitative estimate of drug-likeness (QED) is 0.579. The van der Waals surface area contributed by atoms with Gasteiger partial charge < -0.3 is 10.8 Å². The zero-order valence-corrected chi connectivity index (χ0v) is 9.71. The summed E-state index contributed by atoms with van der Waals surface area (Å²) in [5.74, 6) is -0.963. The zero-order chi connectivity index (χ0) is 5.15. The molecule has 0 bridgehead atoms. The topological polar surface area (TPSA) is 63.3 Å². The summed E-state index contributed by atoms with van der Waals surface area (Å²) >= 11 is 0. The molecule has 3 nitrogen and oxygen atoms in total. The Balaban J connectivity index is 0. The second-order valence-corrected chi connectivity index (χ2v) is 1.13. The molecule has 7 heavy (non-hydrogen) atoms. The fourth-order valence-electron chi connectivity index (χ4n) is 0. The molecule has 4 heteroatoms. The Morgan fingerprint density at radius 2 is 2.00 bits per heavy atom. The molecule has 0 aliphatic rings. The average Bonchev–Trinajstić information content (AvgIpc) is 1.36. The van der Waals surface area contributed by atoms with Crippen LogP contribution in [0, 0.1) is 0 Å². The molecule has 0 aromatic carbocycles. The van der Waals surface area contributed by atoms with E-state index < -0.39 is 12.0 Å². The summed E-state index contributed by atoms with van der Waals surface area (Å²) in [5.41, 5.74) is 4.84. The van der Waals surface area contributed by atoms with Crippen molar-refractivity contribution in [2.24, 2.45) is 5.73 Å². The van der Waals surface area contributed by atoms with Crippen molar-refractivity contribution in [1.29, 1.82) is 0 Å². The molecular formula is C3H9NO2Pb. The van der Waals surface area contributed by atoms with Crippen LogP contribution in [0.3, 0.4) is 0 Å². The number of carboxylic acid groups (broad SMARTS) is 1. The molecule has 0 heterocycles. The Labute approximate surface area is 62.0 Å². The van der Waals surface area contributed by atoms with E-state index in [9.17, 15) is 4.79 Å². The van der Waals surface area contributed by atoms with Crippen molar-refractivity contribution in [3.05, 3.63) is 0 Å². The van der Waals surface area contributed by atoms with Gasteiger partial charge in [0.2, 0.25) is 0 Å². The molecule has 2 radical (unpaired) electrons. The molecule has 0 aromatic heterocycles. The summed E-state index contributed by atoms with van der Waals surface area (Å²) in [4.78, 5) is 9.57. The van der Waals surface area contributed by atoms with Gasteiger partial charge in [0, 0.05) is 0 Å².